The lowest BCUT2D eigenvalue weighted by molar-refractivity contribution is -0.169. The van der Waals surface area contributed by atoms with Gasteiger partial charge < -0.3 is 14.6 Å². The predicted molar refractivity (Wildman–Crippen MR) is 84.8 cm³/mol. The Hall–Kier alpha value is -2.96. The molecule has 0 radical (unpaired) electrons. The molecule has 7 heteroatoms. The normalized spacial score (nSPS) is 11.9. The molecule has 0 aliphatic heterocycles. The highest BCUT2D eigenvalue weighted by atomic mass is 19.4. The van der Waals surface area contributed by atoms with Gasteiger partial charge in [-0.25, -0.2) is 4.79 Å². The maximum Gasteiger partial charge on any atom is 0.422 e. The number of benzene rings is 2. The lowest BCUT2D eigenvalue weighted by atomic mass is 10.2. The third kappa shape index (κ3) is 6.58. The summed E-state index contributed by atoms with van der Waals surface area (Å²) in [6, 6.07) is 15.7. The zero-order chi connectivity index (χ0) is 18.3. The van der Waals surface area contributed by atoms with Crippen LogP contribution >= 0.6 is 0 Å². The number of halogens is 3. The molecule has 0 bridgehead atoms. The minimum Gasteiger partial charge on any atom is -0.489 e. The van der Waals surface area contributed by atoms with Gasteiger partial charge in [0, 0.05) is 0 Å². The number of hydrogen-bond acceptors (Lipinski definition) is 3. The molecule has 0 aromatic heterocycles. The Morgan fingerprint density at radius 1 is 1.04 bits per heavy atom. The number of carboxylic acids is 1. The van der Waals surface area contributed by atoms with Crippen LogP contribution in [0.3, 0.4) is 0 Å². The molecule has 0 aliphatic rings. The predicted octanol–water partition coefficient (Wildman–Crippen LogP) is 4.27. The van der Waals surface area contributed by atoms with Crippen LogP contribution in [0.4, 0.5) is 13.2 Å². The van der Waals surface area contributed by atoms with E-state index in [1.165, 1.54) is 12.1 Å². The van der Waals surface area contributed by atoms with Crippen LogP contribution in [0.25, 0.3) is 6.08 Å². The van der Waals surface area contributed by atoms with E-state index in [1.807, 2.05) is 30.3 Å². The van der Waals surface area contributed by atoms with Crippen LogP contribution in [0.15, 0.2) is 60.4 Å². The third-order valence-corrected chi connectivity index (χ3v) is 3.03. The standard InChI is InChI=1S/C18H15F3O4/c19-18(20,21)12-25-16(17(22)23)10-13-6-8-15(9-7-13)24-11-14-4-2-1-3-5-14/h1-10H,11-12H2,(H,22,23)/b16-10-. The third-order valence-electron chi connectivity index (χ3n) is 3.03. The van der Waals surface area contributed by atoms with Crippen LogP contribution in [0.1, 0.15) is 11.1 Å². The van der Waals surface area contributed by atoms with Crippen molar-refractivity contribution in [1.29, 1.82) is 0 Å². The molecule has 0 saturated carbocycles. The van der Waals surface area contributed by atoms with Crippen molar-refractivity contribution in [2.75, 3.05) is 6.61 Å². The van der Waals surface area contributed by atoms with E-state index in [0.29, 0.717) is 17.9 Å². The molecule has 2 aromatic rings. The van der Waals surface area contributed by atoms with Crippen molar-refractivity contribution in [3.05, 3.63) is 71.5 Å². The summed E-state index contributed by atoms with van der Waals surface area (Å²) < 4.78 is 46.3. The van der Waals surface area contributed by atoms with Crippen LogP contribution in [-0.2, 0) is 16.1 Å². The van der Waals surface area contributed by atoms with Gasteiger partial charge in [-0.05, 0) is 29.3 Å². The Kier molecular flexibility index (Phi) is 6.05. The number of carbonyl (C=O) groups is 1. The van der Waals surface area contributed by atoms with E-state index in [0.717, 1.165) is 11.6 Å². The minimum atomic E-state index is -4.61. The quantitative estimate of drug-likeness (QED) is 0.597. The van der Waals surface area contributed by atoms with Gasteiger partial charge in [0.2, 0.25) is 5.76 Å². The fraction of sp³-hybridized carbons (Fsp3) is 0.167. The van der Waals surface area contributed by atoms with Crippen molar-refractivity contribution in [2.45, 2.75) is 12.8 Å². The lowest BCUT2D eigenvalue weighted by Crippen LogP contribution is -2.19. The van der Waals surface area contributed by atoms with E-state index >= 15 is 0 Å². The summed E-state index contributed by atoms with van der Waals surface area (Å²) in [5.41, 5.74) is 1.37. The molecule has 0 spiro atoms. The lowest BCUT2D eigenvalue weighted by Gasteiger charge is -2.10. The Morgan fingerprint density at radius 2 is 1.68 bits per heavy atom. The Balaban J connectivity index is 2.00. The molecule has 2 aromatic carbocycles. The molecular weight excluding hydrogens is 337 g/mol. The van der Waals surface area contributed by atoms with Gasteiger partial charge in [0.25, 0.3) is 0 Å². The molecule has 0 aliphatic carbocycles. The van der Waals surface area contributed by atoms with Crippen LogP contribution in [-0.4, -0.2) is 23.9 Å². The van der Waals surface area contributed by atoms with Gasteiger partial charge in [-0.2, -0.15) is 13.2 Å². The molecule has 0 heterocycles. The summed E-state index contributed by atoms with van der Waals surface area (Å²) in [5, 5.41) is 8.91. The number of ether oxygens (including phenoxy) is 2. The molecule has 0 fully saturated rings. The monoisotopic (exact) mass is 352 g/mol. The molecule has 0 saturated heterocycles. The Bertz CT molecular complexity index is 722. The summed E-state index contributed by atoms with van der Waals surface area (Å²) in [7, 11) is 0. The van der Waals surface area contributed by atoms with Gasteiger partial charge in [0.05, 0.1) is 0 Å². The van der Waals surface area contributed by atoms with E-state index in [9.17, 15) is 18.0 Å². The Morgan fingerprint density at radius 3 is 2.24 bits per heavy atom. The van der Waals surface area contributed by atoms with Crippen molar-refractivity contribution < 1.29 is 32.5 Å². The van der Waals surface area contributed by atoms with Gasteiger partial charge in [0.15, 0.2) is 6.61 Å². The smallest absolute Gasteiger partial charge is 0.422 e. The first-order valence-corrected chi connectivity index (χ1v) is 7.25. The fourth-order valence-electron chi connectivity index (χ4n) is 1.88. The molecule has 25 heavy (non-hydrogen) atoms. The summed E-state index contributed by atoms with van der Waals surface area (Å²) in [5.74, 6) is -1.81. The molecule has 1 N–H and O–H groups in total. The van der Waals surface area contributed by atoms with Gasteiger partial charge in [-0.15, -0.1) is 0 Å². The zero-order valence-electron chi connectivity index (χ0n) is 13.0. The summed E-state index contributed by atoms with van der Waals surface area (Å²) in [6.07, 6.45) is -3.58. The minimum absolute atomic E-state index is 0.366. The molecule has 0 atom stereocenters. The number of aliphatic carboxylic acids is 1. The van der Waals surface area contributed by atoms with Crippen LogP contribution in [0.2, 0.25) is 0 Å². The van der Waals surface area contributed by atoms with Crippen molar-refractivity contribution in [3.8, 4) is 5.75 Å². The first-order chi connectivity index (χ1) is 11.8. The van der Waals surface area contributed by atoms with E-state index in [-0.39, 0.29) is 0 Å². The number of hydrogen-bond donors (Lipinski definition) is 1. The fourth-order valence-corrected chi connectivity index (χ4v) is 1.88. The molecule has 0 amide bonds. The first-order valence-electron chi connectivity index (χ1n) is 7.25. The maximum atomic E-state index is 12.1. The van der Waals surface area contributed by atoms with Crippen molar-refractivity contribution in [3.63, 3.8) is 0 Å². The summed E-state index contributed by atoms with van der Waals surface area (Å²) in [6.45, 7) is -1.30. The molecule has 2 rings (SSSR count). The van der Waals surface area contributed by atoms with E-state index in [4.69, 9.17) is 9.84 Å². The average molecular weight is 352 g/mol. The average Bonchev–Trinajstić information content (AvgIpc) is 2.57. The SMILES string of the molecule is O=C(O)/C(=C/c1ccc(OCc2ccccc2)cc1)OCC(F)(F)F. The number of alkyl halides is 3. The highest BCUT2D eigenvalue weighted by molar-refractivity contribution is 5.89. The van der Waals surface area contributed by atoms with E-state index < -0.39 is 24.5 Å². The molecular formula is C18H15F3O4. The van der Waals surface area contributed by atoms with Crippen LogP contribution in [0, 0.1) is 0 Å². The number of rotatable bonds is 7. The second-order valence-electron chi connectivity index (χ2n) is 5.06. The van der Waals surface area contributed by atoms with Gasteiger partial charge in [0.1, 0.15) is 12.4 Å². The summed E-state index contributed by atoms with van der Waals surface area (Å²) >= 11 is 0. The molecule has 0 unspecified atom stereocenters. The van der Waals surface area contributed by atoms with Crippen LogP contribution in [0.5, 0.6) is 5.75 Å². The van der Waals surface area contributed by atoms with Crippen LogP contribution < -0.4 is 4.74 Å². The second kappa shape index (κ2) is 8.23. The number of carboxylic acid groups (broad SMARTS) is 1. The topological polar surface area (TPSA) is 55.8 Å². The second-order valence-corrected chi connectivity index (χ2v) is 5.06. The molecule has 132 valence electrons. The summed E-state index contributed by atoms with van der Waals surface area (Å²) in [4.78, 5) is 11.0. The Labute approximate surface area is 142 Å². The first kappa shape index (κ1) is 18.4. The highest BCUT2D eigenvalue weighted by Crippen LogP contribution is 2.19. The zero-order valence-corrected chi connectivity index (χ0v) is 13.0. The maximum absolute atomic E-state index is 12.1. The van der Waals surface area contributed by atoms with Gasteiger partial charge in [-0.1, -0.05) is 42.5 Å². The van der Waals surface area contributed by atoms with Crippen molar-refractivity contribution in [2.24, 2.45) is 0 Å². The van der Waals surface area contributed by atoms with Crippen molar-refractivity contribution in [1.82, 2.24) is 0 Å². The van der Waals surface area contributed by atoms with E-state index in [2.05, 4.69) is 4.74 Å². The largest absolute Gasteiger partial charge is 0.489 e. The highest BCUT2D eigenvalue weighted by Gasteiger charge is 2.29. The van der Waals surface area contributed by atoms with Crippen molar-refractivity contribution >= 4 is 12.0 Å². The van der Waals surface area contributed by atoms with Gasteiger partial charge in [-0.3, -0.25) is 0 Å². The van der Waals surface area contributed by atoms with E-state index in [1.54, 1.807) is 12.1 Å². The molecule has 4 nitrogen and oxygen atoms in total. The van der Waals surface area contributed by atoms with Gasteiger partial charge >= 0.3 is 12.1 Å².